The molecule has 4 rings (SSSR count). The van der Waals surface area contributed by atoms with Gasteiger partial charge in [-0.1, -0.05) is 43.7 Å². The third-order valence-electron chi connectivity index (χ3n) is 5.06. The van der Waals surface area contributed by atoms with Gasteiger partial charge in [0, 0.05) is 25.5 Å². The van der Waals surface area contributed by atoms with Crippen molar-refractivity contribution in [3.8, 4) is 0 Å². The molecule has 0 bridgehead atoms. The number of nitrogens with zero attached hydrogens (tertiary/aromatic N) is 5. The van der Waals surface area contributed by atoms with E-state index in [1.54, 1.807) is 7.05 Å². The maximum absolute atomic E-state index is 13.2. The topological polar surface area (TPSA) is 66.2 Å². The molecule has 0 fully saturated rings. The van der Waals surface area contributed by atoms with E-state index in [1.165, 1.54) is 9.13 Å². The van der Waals surface area contributed by atoms with Crippen LogP contribution in [0, 0.1) is 6.92 Å². The fourth-order valence-electron chi connectivity index (χ4n) is 3.55. The number of benzene rings is 1. The molecule has 0 saturated carbocycles. The number of imidazole rings is 2. The first-order chi connectivity index (χ1) is 13.0. The van der Waals surface area contributed by atoms with Crippen LogP contribution in [0.5, 0.6) is 0 Å². The number of rotatable bonds is 5. The van der Waals surface area contributed by atoms with Crippen molar-refractivity contribution in [3.63, 3.8) is 0 Å². The molecule has 0 radical (unpaired) electrons. The second-order valence-electron chi connectivity index (χ2n) is 6.95. The summed E-state index contributed by atoms with van der Waals surface area (Å²) >= 11 is 0. The van der Waals surface area contributed by atoms with E-state index in [1.807, 2.05) is 47.9 Å². The Kier molecular flexibility index (Phi) is 4.22. The van der Waals surface area contributed by atoms with E-state index in [-0.39, 0.29) is 17.8 Å². The van der Waals surface area contributed by atoms with Gasteiger partial charge in [0.15, 0.2) is 11.2 Å². The van der Waals surface area contributed by atoms with Crippen LogP contribution in [-0.2, 0) is 20.1 Å². The van der Waals surface area contributed by atoms with E-state index in [2.05, 4.69) is 16.5 Å². The van der Waals surface area contributed by atoms with Gasteiger partial charge in [-0.3, -0.25) is 18.3 Å². The molecule has 27 heavy (non-hydrogen) atoms. The maximum Gasteiger partial charge on any atom is 0.332 e. The van der Waals surface area contributed by atoms with Crippen molar-refractivity contribution in [2.45, 2.75) is 39.8 Å². The lowest BCUT2D eigenvalue weighted by atomic mass is 10.2. The van der Waals surface area contributed by atoms with E-state index in [0.717, 1.165) is 30.6 Å². The SMILES string of the molecule is CCCCn1c(C)cn2c3c(=O)n(Cc4ccccc4)c(=O)n(C)c3nc12. The van der Waals surface area contributed by atoms with E-state index in [4.69, 9.17) is 0 Å². The molecular weight excluding hydrogens is 342 g/mol. The van der Waals surface area contributed by atoms with Crippen LogP contribution in [-0.4, -0.2) is 23.1 Å². The zero-order valence-corrected chi connectivity index (χ0v) is 15.8. The molecule has 7 nitrogen and oxygen atoms in total. The highest BCUT2D eigenvalue weighted by Crippen LogP contribution is 2.17. The Hall–Kier alpha value is -3.09. The van der Waals surface area contributed by atoms with Gasteiger partial charge >= 0.3 is 5.69 Å². The predicted octanol–water partition coefficient (Wildman–Crippen LogP) is 2.31. The monoisotopic (exact) mass is 365 g/mol. The first kappa shape index (κ1) is 17.3. The minimum absolute atomic E-state index is 0.241. The molecule has 0 amide bonds. The highest BCUT2D eigenvalue weighted by molar-refractivity contribution is 5.75. The number of hydrogen-bond acceptors (Lipinski definition) is 3. The van der Waals surface area contributed by atoms with Crippen LogP contribution in [0.1, 0.15) is 31.0 Å². The molecule has 7 heteroatoms. The number of unbranched alkanes of at least 4 members (excludes halogenated alkanes) is 1. The summed E-state index contributed by atoms with van der Waals surface area (Å²) in [6, 6.07) is 9.53. The molecule has 3 heterocycles. The fourth-order valence-corrected chi connectivity index (χ4v) is 3.55. The van der Waals surface area contributed by atoms with E-state index in [9.17, 15) is 9.59 Å². The van der Waals surface area contributed by atoms with Gasteiger partial charge in [0.1, 0.15) is 0 Å². The summed E-state index contributed by atoms with van der Waals surface area (Å²) in [5.41, 5.74) is 2.17. The van der Waals surface area contributed by atoms with Crippen molar-refractivity contribution >= 4 is 16.9 Å². The number of fused-ring (bicyclic) bond motifs is 3. The molecule has 0 N–H and O–H groups in total. The summed E-state index contributed by atoms with van der Waals surface area (Å²) in [6.45, 7) is 5.24. The highest BCUT2D eigenvalue weighted by Gasteiger charge is 2.20. The van der Waals surface area contributed by atoms with Gasteiger partial charge in [0.05, 0.1) is 6.54 Å². The Labute approximate surface area is 156 Å². The number of aryl methyl sites for hydroxylation is 3. The normalized spacial score (nSPS) is 11.7. The lowest BCUT2D eigenvalue weighted by molar-refractivity contribution is 0.631. The summed E-state index contributed by atoms with van der Waals surface area (Å²) in [6.07, 6.45) is 4.04. The van der Waals surface area contributed by atoms with Gasteiger partial charge in [-0.15, -0.1) is 0 Å². The standard InChI is InChI=1S/C20H23N5O2/c1-4-5-11-23-14(2)12-24-16-17(21-19(23)24)22(3)20(27)25(18(16)26)13-15-9-7-6-8-10-15/h6-10,12H,4-5,11,13H2,1-3H3. The summed E-state index contributed by atoms with van der Waals surface area (Å²) in [5, 5.41) is 0. The van der Waals surface area contributed by atoms with Crippen LogP contribution in [0.2, 0.25) is 0 Å². The molecule has 0 aliphatic heterocycles. The van der Waals surface area contributed by atoms with Crippen molar-refractivity contribution in [1.82, 2.24) is 23.1 Å². The zero-order valence-electron chi connectivity index (χ0n) is 15.8. The van der Waals surface area contributed by atoms with E-state index >= 15 is 0 Å². The Morgan fingerprint density at radius 3 is 2.52 bits per heavy atom. The first-order valence-corrected chi connectivity index (χ1v) is 9.24. The Morgan fingerprint density at radius 2 is 1.81 bits per heavy atom. The maximum atomic E-state index is 13.2. The molecule has 0 aliphatic rings. The quantitative estimate of drug-likeness (QED) is 0.545. The Balaban J connectivity index is 1.98. The average molecular weight is 365 g/mol. The van der Waals surface area contributed by atoms with E-state index in [0.29, 0.717) is 16.9 Å². The summed E-state index contributed by atoms with van der Waals surface area (Å²) in [7, 11) is 1.67. The van der Waals surface area contributed by atoms with Gasteiger partial charge in [-0.05, 0) is 18.9 Å². The minimum atomic E-state index is -0.353. The molecule has 3 aromatic heterocycles. The van der Waals surface area contributed by atoms with Gasteiger partial charge in [0.2, 0.25) is 5.78 Å². The van der Waals surface area contributed by atoms with Gasteiger partial charge in [0.25, 0.3) is 5.56 Å². The summed E-state index contributed by atoms with van der Waals surface area (Å²) in [5.74, 6) is 0.709. The van der Waals surface area contributed by atoms with Gasteiger partial charge in [-0.25, -0.2) is 4.79 Å². The van der Waals surface area contributed by atoms with Crippen LogP contribution in [0.15, 0.2) is 46.1 Å². The summed E-state index contributed by atoms with van der Waals surface area (Å²) in [4.78, 5) is 30.6. The van der Waals surface area contributed by atoms with E-state index < -0.39 is 0 Å². The molecule has 1 aromatic carbocycles. The lowest BCUT2D eigenvalue weighted by Crippen LogP contribution is -2.39. The van der Waals surface area contributed by atoms with Gasteiger partial charge < -0.3 is 4.57 Å². The molecule has 0 saturated heterocycles. The fraction of sp³-hybridized carbons (Fsp3) is 0.350. The average Bonchev–Trinajstić information content (AvgIpc) is 3.18. The third-order valence-corrected chi connectivity index (χ3v) is 5.06. The Morgan fingerprint density at radius 1 is 1.07 bits per heavy atom. The first-order valence-electron chi connectivity index (χ1n) is 9.24. The van der Waals surface area contributed by atoms with Crippen molar-refractivity contribution in [3.05, 3.63) is 68.6 Å². The second-order valence-corrected chi connectivity index (χ2v) is 6.95. The number of hydrogen-bond donors (Lipinski definition) is 0. The molecule has 0 unspecified atom stereocenters. The van der Waals surface area contributed by atoms with Crippen molar-refractivity contribution in [2.24, 2.45) is 7.05 Å². The molecule has 140 valence electrons. The zero-order chi connectivity index (χ0) is 19.1. The lowest BCUT2D eigenvalue weighted by Gasteiger charge is -2.08. The van der Waals surface area contributed by atoms with Crippen LogP contribution >= 0.6 is 0 Å². The Bertz CT molecular complexity index is 1240. The predicted molar refractivity (Wildman–Crippen MR) is 105 cm³/mol. The van der Waals surface area contributed by atoms with Crippen molar-refractivity contribution in [2.75, 3.05) is 0 Å². The largest absolute Gasteiger partial charge is 0.332 e. The summed E-state index contributed by atoms with van der Waals surface area (Å²) < 4.78 is 6.68. The second kappa shape index (κ2) is 6.57. The van der Waals surface area contributed by atoms with Crippen LogP contribution < -0.4 is 11.2 Å². The third kappa shape index (κ3) is 2.70. The molecule has 0 atom stereocenters. The number of aromatic nitrogens is 5. The van der Waals surface area contributed by atoms with Crippen LogP contribution in [0.4, 0.5) is 0 Å². The van der Waals surface area contributed by atoms with Crippen molar-refractivity contribution in [1.29, 1.82) is 0 Å². The van der Waals surface area contributed by atoms with Gasteiger partial charge in [-0.2, -0.15) is 4.98 Å². The molecule has 0 spiro atoms. The van der Waals surface area contributed by atoms with Crippen LogP contribution in [0.3, 0.4) is 0 Å². The minimum Gasteiger partial charge on any atom is -0.314 e. The highest BCUT2D eigenvalue weighted by atomic mass is 16.2. The van der Waals surface area contributed by atoms with Crippen molar-refractivity contribution < 1.29 is 0 Å². The molecule has 0 aliphatic carbocycles. The van der Waals surface area contributed by atoms with Crippen LogP contribution in [0.25, 0.3) is 16.9 Å². The molecule has 4 aromatic rings. The smallest absolute Gasteiger partial charge is 0.314 e. The molecular formula is C20H23N5O2.